The van der Waals surface area contributed by atoms with Gasteiger partial charge in [-0.2, -0.15) is 13.5 Å². The fourth-order valence-corrected chi connectivity index (χ4v) is 3.70. The molecule has 11 heteroatoms. The van der Waals surface area contributed by atoms with E-state index in [0.717, 1.165) is 17.6 Å². The minimum atomic E-state index is -4.36. The average Bonchev–Trinajstić information content (AvgIpc) is 2.72. The van der Waals surface area contributed by atoms with Crippen molar-refractivity contribution in [3.05, 3.63) is 60.2 Å². The molecule has 0 aliphatic heterocycles. The van der Waals surface area contributed by atoms with Crippen molar-refractivity contribution in [3.8, 4) is 5.75 Å². The molecule has 0 aromatic heterocycles. The first-order valence-electron chi connectivity index (χ1n) is 8.40. The lowest BCUT2D eigenvalue weighted by Crippen LogP contribution is -1.97. The van der Waals surface area contributed by atoms with Crippen molar-refractivity contribution < 1.29 is 32.7 Å². The van der Waals surface area contributed by atoms with E-state index < -0.39 is 10.1 Å². The van der Waals surface area contributed by atoms with Crippen molar-refractivity contribution >= 4 is 50.4 Å². The van der Waals surface area contributed by atoms with Gasteiger partial charge in [0.2, 0.25) is 0 Å². The third-order valence-electron chi connectivity index (χ3n) is 4.00. The first kappa shape index (κ1) is 21.9. The molecule has 9 nitrogen and oxygen atoms in total. The van der Waals surface area contributed by atoms with E-state index in [2.05, 4.69) is 19.6 Å². The van der Waals surface area contributed by atoms with Crippen LogP contribution in [0.3, 0.4) is 0 Å². The molecule has 0 saturated heterocycles. The Kier molecular flexibility index (Phi) is 6.82. The van der Waals surface area contributed by atoms with E-state index in [1.165, 1.54) is 30.3 Å². The molecule has 0 bridgehead atoms. The van der Waals surface area contributed by atoms with Crippen LogP contribution in [0.4, 0.5) is 11.4 Å². The number of rotatable bonds is 7. The first-order valence-corrected chi connectivity index (χ1v) is 10.6. The van der Waals surface area contributed by atoms with Crippen molar-refractivity contribution in [2.24, 2.45) is 10.2 Å². The second kappa shape index (κ2) is 9.34. The van der Waals surface area contributed by atoms with Crippen molar-refractivity contribution in [2.75, 3.05) is 0 Å². The highest BCUT2D eigenvalue weighted by atomic mass is 32.2. The van der Waals surface area contributed by atoms with Gasteiger partial charge in [0.1, 0.15) is 11.4 Å². The van der Waals surface area contributed by atoms with Gasteiger partial charge in [-0.3, -0.25) is 4.55 Å². The molecule has 0 amide bonds. The molecular weight excluding hydrogens is 432 g/mol. The summed E-state index contributed by atoms with van der Waals surface area (Å²) in [6.07, 6.45) is 3.66. The molecule has 0 radical (unpaired) electrons. The van der Waals surface area contributed by atoms with Gasteiger partial charge in [-0.1, -0.05) is 35.4 Å². The maximum atomic E-state index is 11.3. The summed E-state index contributed by atoms with van der Waals surface area (Å²) in [4.78, 5) is 0.328. The Labute approximate surface area is 176 Å². The second-order valence-corrected chi connectivity index (χ2v) is 8.10. The molecule has 3 aromatic rings. The van der Waals surface area contributed by atoms with E-state index in [0.29, 0.717) is 21.4 Å². The van der Waals surface area contributed by atoms with Gasteiger partial charge in [-0.05, 0) is 48.2 Å². The van der Waals surface area contributed by atoms with Gasteiger partial charge >= 0.3 is 0 Å². The van der Waals surface area contributed by atoms with E-state index in [4.69, 9.17) is 5.26 Å². The quantitative estimate of drug-likeness (QED) is 0.138. The van der Waals surface area contributed by atoms with Gasteiger partial charge in [-0.25, -0.2) is 5.26 Å². The Balaban J connectivity index is 2.02. The molecule has 3 N–H and O–H groups in total. The highest BCUT2D eigenvalue weighted by Gasteiger charge is 2.13. The number of phenolic OH excluding ortho intramolecular Hbond substituents is 1. The molecular formula is C19H16N2O7S2. The van der Waals surface area contributed by atoms with Crippen molar-refractivity contribution in [2.45, 2.75) is 16.7 Å². The lowest BCUT2D eigenvalue weighted by molar-refractivity contribution is -0.432. The zero-order valence-electron chi connectivity index (χ0n) is 15.5. The van der Waals surface area contributed by atoms with Crippen LogP contribution in [0.5, 0.6) is 5.75 Å². The summed E-state index contributed by atoms with van der Waals surface area (Å²) in [7, 11) is -4.36. The number of aromatic hydroxyl groups is 1. The number of benzene rings is 3. The molecule has 0 heterocycles. The lowest BCUT2D eigenvalue weighted by atomic mass is 10.1. The second-order valence-electron chi connectivity index (χ2n) is 5.94. The van der Waals surface area contributed by atoms with Gasteiger partial charge in [-0.15, -0.1) is 9.45 Å². The largest absolute Gasteiger partial charge is 0.506 e. The van der Waals surface area contributed by atoms with Gasteiger partial charge in [0.25, 0.3) is 10.1 Å². The summed E-state index contributed by atoms with van der Waals surface area (Å²) in [6.45, 7) is 1.85. The number of hydrogen-bond acceptors (Lipinski definition) is 9. The molecule has 0 aliphatic rings. The normalized spacial score (nSPS) is 12.4. The molecule has 0 aliphatic carbocycles. The summed E-state index contributed by atoms with van der Waals surface area (Å²) in [5, 5.41) is 31.4. The Bertz CT molecular complexity index is 1240. The van der Waals surface area contributed by atoms with Gasteiger partial charge < -0.3 is 5.11 Å². The van der Waals surface area contributed by atoms with Crippen molar-refractivity contribution in [1.29, 1.82) is 0 Å². The summed E-state index contributed by atoms with van der Waals surface area (Å²) >= 11 is 0.777. The molecule has 0 atom stereocenters. The molecule has 0 unspecified atom stereocenters. The third kappa shape index (κ3) is 5.02. The van der Waals surface area contributed by atoms with Crippen LogP contribution in [-0.2, 0) is 19.5 Å². The molecule has 156 valence electrons. The van der Waals surface area contributed by atoms with Gasteiger partial charge in [0, 0.05) is 10.3 Å². The third-order valence-corrected chi connectivity index (χ3v) is 5.51. The van der Waals surface area contributed by atoms with E-state index in [9.17, 15) is 18.1 Å². The number of fused-ring (bicyclic) bond motifs is 1. The van der Waals surface area contributed by atoms with E-state index in [-0.39, 0.29) is 16.3 Å². The molecule has 0 fully saturated rings. The summed E-state index contributed by atoms with van der Waals surface area (Å²) in [5.41, 5.74) is 1.36. The van der Waals surface area contributed by atoms with Crippen LogP contribution in [0.25, 0.3) is 16.8 Å². The lowest BCUT2D eigenvalue weighted by Gasteiger charge is -2.06. The Morgan fingerprint density at radius 2 is 1.87 bits per heavy atom. The van der Waals surface area contributed by atoms with E-state index in [1.54, 1.807) is 18.2 Å². The van der Waals surface area contributed by atoms with Crippen LogP contribution < -0.4 is 0 Å². The maximum Gasteiger partial charge on any atom is 0.294 e. The van der Waals surface area contributed by atoms with Crippen LogP contribution in [0.2, 0.25) is 0 Å². The Hall–Kier alpha value is -2.80. The Morgan fingerprint density at radius 3 is 2.57 bits per heavy atom. The Morgan fingerprint density at radius 1 is 1.07 bits per heavy atom. The predicted octanol–water partition coefficient (Wildman–Crippen LogP) is 5.67. The highest BCUT2D eigenvalue weighted by Crippen LogP contribution is 2.37. The predicted molar refractivity (Wildman–Crippen MR) is 111 cm³/mol. The fraction of sp³-hybridized carbons (Fsp3) is 0.0526. The van der Waals surface area contributed by atoms with Crippen LogP contribution >= 0.6 is 12.0 Å². The number of phenols is 1. The van der Waals surface area contributed by atoms with Crippen molar-refractivity contribution in [1.82, 2.24) is 0 Å². The summed E-state index contributed by atoms with van der Waals surface area (Å²) in [6, 6.07) is 11.9. The zero-order chi connectivity index (χ0) is 21.7. The molecule has 3 rings (SSSR count). The standard InChI is InChI=1S/C19H16N2O7S2/c1-2-3-12-4-6-14(11-18(12)29-28-27-23)20-21-19-16-8-7-15(30(24,25)26)10-13(16)5-9-17(19)22/h2-11,22-23H,1H3,(H,24,25,26)/b3-2+,21-20?. The van der Waals surface area contributed by atoms with E-state index >= 15 is 0 Å². The topological polar surface area (TPSA) is 138 Å². The minimum Gasteiger partial charge on any atom is -0.506 e. The number of azo groups is 1. The minimum absolute atomic E-state index is 0.135. The average molecular weight is 448 g/mol. The summed E-state index contributed by atoms with van der Waals surface area (Å²) < 4.78 is 36.4. The number of hydrogen-bond donors (Lipinski definition) is 3. The maximum absolute atomic E-state index is 11.3. The first-order chi connectivity index (χ1) is 14.3. The molecule has 0 saturated carbocycles. The van der Waals surface area contributed by atoms with Crippen LogP contribution in [0.1, 0.15) is 12.5 Å². The number of allylic oxidation sites excluding steroid dienone is 1. The smallest absolute Gasteiger partial charge is 0.294 e. The number of nitrogens with zero attached hydrogens (tertiary/aromatic N) is 2. The van der Waals surface area contributed by atoms with Gasteiger partial charge in [0.05, 0.1) is 22.6 Å². The SMILES string of the molecule is C/C=C/c1ccc(N=Nc2c(O)ccc3cc(S(=O)(=O)O)ccc23)cc1SOOO. The van der Waals surface area contributed by atoms with Gasteiger partial charge in [0.15, 0.2) is 0 Å². The van der Waals surface area contributed by atoms with E-state index in [1.807, 2.05) is 19.1 Å². The van der Waals surface area contributed by atoms with Crippen LogP contribution in [-0.4, -0.2) is 23.3 Å². The fourth-order valence-electron chi connectivity index (χ4n) is 2.68. The van der Waals surface area contributed by atoms with Crippen LogP contribution in [0, 0.1) is 0 Å². The summed E-state index contributed by atoms with van der Waals surface area (Å²) in [5.74, 6) is -0.150. The molecule has 3 aromatic carbocycles. The highest BCUT2D eigenvalue weighted by molar-refractivity contribution is 7.94. The molecule has 0 spiro atoms. The van der Waals surface area contributed by atoms with Crippen LogP contribution in [0.15, 0.2) is 74.6 Å². The monoisotopic (exact) mass is 448 g/mol. The zero-order valence-corrected chi connectivity index (χ0v) is 17.1. The molecule has 30 heavy (non-hydrogen) atoms. The van der Waals surface area contributed by atoms with Crippen molar-refractivity contribution in [3.63, 3.8) is 0 Å².